The van der Waals surface area contributed by atoms with E-state index in [0.29, 0.717) is 0 Å². The number of carboxylic acids is 1. The fourth-order valence-electron chi connectivity index (χ4n) is 1.40. The molecule has 0 fully saturated rings. The number of aromatic amines is 1. The third kappa shape index (κ3) is 1.89. The fourth-order valence-corrected chi connectivity index (χ4v) is 1.40. The maximum Gasteiger partial charge on any atom is 0.373 e. The van der Waals surface area contributed by atoms with Crippen LogP contribution in [0.3, 0.4) is 0 Å². The average molecular weight is 235 g/mol. The van der Waals surface area contributed by atoms with E-state index in [0.717, 1.165) is 10.2 Å². The van der Waals surface area contributed by atoms with Crippen LogP contribution in [0.4, 0.5) is 0 Å². The Morgan fingerprint density at radius 1 is 1.47 bits per heavy atom. The van der Waals surface area contributed by atoms with Gasteiger partial charge in [-0.3, -0.25) is 4.98 Å². The van der Waals surface area contributed by atoms with Gasteiger partial charge in [0.1, 0.15) is 11.4 Å². The molecule has 2 aromatic rings. The van der Waals surface area contributed by atoms with Crippen LogP contribution in [-0.2, 0) is 0 Å². The summed E-state index contributed by atoms with van der Waals surface area (Å²) < 4.78 is 0.804. The highest BCUT2D eigenvalue weighted by atomic mass is 16.4. The number of aromatic hydroxyl groups is 1. The number of aromatic carboxylic acids is 1. The molecule has 1 heterocycles. The van der Waals surface area contributed by atoms with Gasteiger partial charge in [-0.15, -0.1) is 5.10 Å². The van der Waals surface area contributed by atoms with E-state index in [1.807, 2.05) is 0 Å². The summed E-state index contributed by atoms with van der Waals surface area (Å²) in [4.78, 5) is 24.2. The number of phenolic OH excluding ortho intramolecular Hbond substituents is 1. The van der Waals surface area contributed by atoms with Crippen molar-refractivity contribution in [2.24, 2.45) is 0 Å². The van der Waals surface area contributed by atoms with E-state index in [1.165, 1.54) is 12.1 Å². The average Bonchev–Trinajstić information content (AvgIpc) is 2.61. The van der Waals surface area contributed by atoms with Gasteiger partial charge in [0.2, 0.25) is 5.82 Å². The predicted octanol–water partition coefficient (Wildman–Crippen LogP) is 0.273. The molecule has 0 saturated carbocycles. The minimum absolute atomic E-state index is 0.129. The van der Waals surface area contributed by atoms with E-state index in [2.05, 4.69) is 10.1 Å². The number of carbonyl (C=O) groups is 1. The SMILES string of the molecule is Cc1ccc(-n2nc(C(=O)O)[nH]c2=O)c(O)c1. The van der Waals surface area contributed by atoms with Crippen LogP contribution in [0.15, 0.2) is 23.0 Å². The Labute approximate surface area is 95.0 Å². The highest BCUT2D eigenvalue weighted by Gasteiger charge is 2.14. The summed E-state index contributed by atoms with van der Waals surface area (Å²) in [5, 5.41) is 21.9. The van der Waals surface area contributed by atoms with Crippen molar-refractivity contribution < 1.29 is 15.0 Å². The first-order valence-electron chi connectivity index (χ1n) is 4.71. The molecule has 0 spiro atoms. The second-order valence-electron chi connectivity index (χ2n) is 3.49. The van der Waals surface area contributed by atoms with Crippen LogP contribution < -0.4 is 5.69 Å². The maximum atomic E-state index is 11.5. The minimum atomic E-state index is -1.34. The number of phenols is 1. The van der Waals surface area contributed by atoms with Crippen molar-refractivity contribution in [3.63, 3.8) is 0 Å². The lowest BCUT2D eigenvalue weighted by Crippen LogP contribution is -2.16. The van der Waals surface area contributed by atoms with Crippen LogP contribution in [-0.4, -0.2) is 30.9 Å². The Morgan fingerprint density at radius 2 is 2.18 bits per heavy atom. The monoisotopic (exact) mass is 235 g/mol. The van der Waals surface area contributed by atoms with Crippen molar-refractivity contribution in [3.05, 3.63) is 40.1 Å². The molecule has 0 aliphatic carbocycles. The number of nitrogens with zero attached hydrogens (tertiary/aromatic N) is 2. The first-order chi connectivity index (χ1) is 7.99. The molecule has 0 aliphatic heterocycles. The number of aryl methyl sites for hydroxylation is 1. The highest BCUT2D eigenvalue weighted by Crippen LogP contribution is 2.20. The third-order valence-corrected chi connectivity index (χ3v) is 2.18. The predicted molar refractivity (Wildman–Crippen MR) is 57.5 cm³/mol. The summed E-state index contributed by atoms with van der Waals surface area (Å²) >= 11 is 0. The van der Waals surface area contributed by atoms with Gasteiger partial charge in [0.15, 0.2) is 0 Å². The lowest BCUT2D eigenvalue weighted by Gasteiger charge is -2.03. The number of H-pyrrole nitrogens is 1. The zero-order chi connectivity index (χ0) is 12.6. The molecule has 7 heteroatoms. The maximum absolute atomic E-state index is 11.5. The van der Waals surface area contributed by atoms with Crippen molar-refractivity contribution in [3.8, 4) is 11.4 Å². The number of hydrogen-bond donors (Lipinski definition) is 3. The van der Waals surface area contributed by atoms with Crippen LogP contribution >= 0.6 is 0 Å². The van der Waals surface area contributed by atoms with Crippen LogP contribution in [0, 0.1) is 6.92 Å². The Hall–Kier alpha value is -2.57. The van der Waals surface area contributed by atoms with Gasteiger partial charge in [-0.2, -0.15) is 4.68 Å². The Balaban J connectivity index is 2.60. The number of carboxylic acid groups (broad SMARTS) is 1. The number of aromatic nitrogens is 3. The molecule has 0 atom stereocenters. The van der Waals surface area contributed by atoms with Crippen molar-refractivity contribution >= 4 is 5.97 Å². The minimum Gasteiger partial charge on any atom is -0.506 e. The molecule has 0 bridgehead atoms. The normalized spacial score (nSPS) is 10.4. The summed E-state index contributed by atoms with van der Waals surface area (Å²) in [5.41, 5.74) is 0.221. The van der Waals surface area contributed by atoms with Gasteiger partial charge in [0, 0.05) is 0 Å². The Morgan fingerprint density at radius 3 is 2.71 bits per heavy atom. The van der Waals surface area contributed by atoms with Gasteiger partial charge >= 0.3 is 11.7 Å². The summed E-state index contributed by atoms with van der Waals surface area (Å²) in [6.07, 6.45) is 0. The molecule has 2 rings (SSSR count). The zero-order valence-electron chi connectivity index (χ0n) is 8.84. The number of nitrogens with one attached hydrogen (secondary N) is 1. The molecule has 3 N–H and O–H groups in total. The van der Waals surface area contributed by atoms with Crippen LogP contribution in [0.2, 0.25) is 0 Å². The van der Waals surface area contributed by atoms with Gasteiger partial charge in [-0.25, -0.2) is 9.59 Å². The van der Waals surface area contributed by atoms with Crippen LogP contribution in [0.1, 0.15) is 16.2 Å². The second kappa shape index (κ2) is 3.78. The van der Waals surface area contributed by atoms with E-state index in [9.17, 15) is 14.7 Å². The Bertz CT molecular complexity index is 641. The van der Waals surface area contributed by atoms with Gasteiger partial charge in [-0.05, 0) is 24.6 Å². The third-order valence-electron chi connectivity index (χ3n) is 2.18. The topological polar surface area (TPSA) is 108 Å². The lowest BCUT2D eigenvalue weighted by atomic mass is 10.2. The fraction of sp³-hybridized carbons (Fsp3) is 0.100. The van der Waals surface area contributed by atoms with Crippen molar-refractivity contribution in [1.29, 1.82) is 0 Å². The second-order valence-corrected chi connectivity index (χ2v) is 3.49. The van der Waals surface area contributed by atoms with Crippen molar-refractivity contribution in [2.45, 2.75) is 6.92 Å². The van der Waals surface area contributed by atoms with Crippen LogP contribution in [0.25, 0.3) is 5.69 Å². The molecular formula is C10H9N3O4. The summed E-state index contributed by atoms with van der Waals surface area (Å²) in [6.45, 7) is 1.78. The van der Waals surface area contributed by atoms with Crippen molar-refractivity contribution in [1.82, 2.24) is 14.8 Å². The molecule has 0 saturated heterocycles. The van der Waals surface area contributed by atoms with Crippen molar-refractivity contribution in [2.75, 3.05) is 0 Å². The number of hydrogen-bond acceptors (Lipinski definition) is 4. The number of rotatable bonds is 2. The van der Waals surface area contributed by atoms with Gasteiger partial charge < -0.3 is 10.2 Å². The molecular weight excluding hydrogens is 226 g/mol. The molecule has 1 aromatic carbocycles. The van der Waals surface area contributed by atoms with Crippen LogP contribution in [0.5, 0.6) is 5.75 Å². The van der Waals surface area contributed by atoms with E-state index in [1.54, 1.807) is 13.0 Å². The Kier molecular flexibility index (Phi) is 2.43. The van der Waals surface area contributed by atoms with E-state index in [-0.39, 0.29) is 11.4 Å². The summed E-state index contributed by atoms with van der Waals surface area (Å²) in [5.74, 6) is -1.96. The quantitative estimate of drug-likeness (QED) is 0.692. The number of benzene rings is 1. The molecule has 0 amide bonds. The van der Waals surface area contributed by atoms with Gasteiger partial charge in [-0.1, -0.05) is 6.07 Å². The smallest absolute Gasteiger partial charge is 0.373 e. The lowest BCUT2D eigenvalue weighted by molar-refractivity contribution is 0.0683. The standard InChI is InChI=1S/C10H9N3O4/c1-5-2-3-6(7(14)4-5)13-10(17)11-8(12-13)9(15)16/h2-4,14H,1H3,(H,15,16)(H,11,12,17). The molecule has 1 aromatic heterocycles. The van der Waals surface area contributed by atoms with E-state index >= 15 is 0 Å². The van der Waals surface area contributed by atoms with Gasteiger partial charge in [0.25, 0.3) is 0 Å². The van der Waals surface area contributed by atoms with Gasteiger partial charge in [0.05, 0.1) is 0 Å². The molecule has 17 heavy (non-hydrogen) atoms. The van der Waals surface area contributed by atoms with E-state index < -0.39 is 17.5 Å². The molecule has 0 radical (unpaired) electrons. The molecule has 88 valence electrons. The molecule has 0 unspecified atom stereocenters. The first kappa shape index (κ1) is 10.9. The highest BCUT2D eigenvalue weighted by molar-refractivity contribution is 5.82. The summed E-state index contributed by atoms with van der Waals surface area (Å²) in [7, 11) is 0. The van der Waals surface area contributed by atoms with E-state index in [4.69, 9.17) is 5.11 Å². The largest absolute Gasteiger partial charge is 0.506 e. The molecule has 7 nitrogen and oxygen atoms in total. The summed E-state index contributed by atoms with van der Waals surface area (Å²) in [6, 6.07) is 4.62. The zero-order valence-corrected chi connectivity index (χ0v) is 8.84. The first-order valence-corrected chi connectivity index (χ1v) is 4.71. The molecule has 0 aliphatic rings.